The van der Waals surface area contributed by atoms with Gasteiger partial charge in [0.15, 0.2) is 0 Å². The number of amidine groups is 1. The van der Waals surface area contributed by atoms with Crippen LogP contribution in [0.3, 0.4) is 0 Å². The number of rotatable bonds is 4. The smallest absolute Gasteiger partial charge is 0.290 e. The van der Waals surface area contributed by atoms with Crippen molar-refractivity contribution >= 4 is 34.9 Å². The Morgan fingerprint density at radius 1 is 0.943 bits per heavy atom. The molecule has 2 heterocycles. The van der Waals surface area contributed by atoms with Crippen LogP contribution in [0.4, 0.5) is 11.4 Å². The minimum atomic E-state index is -1.10. The van der Waals surface area contributed by atoms with Gasteiger partial charge in [-0.25, -0.2) is 4.99 Å². The normalized spacial score (nSPS) is 17.0. The number of hydrogen-bond acceptors (Lipinski definition) is 6. The molecule has 1 unspecified atom stereocenters. The molecule has 2 aliphatic rings. The van der Waals surface area contributed by atoms with Crippen molar-refractivity contribution < 1.29 is 9.53 Å². The molecule has 0 bridgehead atoms. The number of ether oxygens (including phenoxy) is 1. The quantitative estimate of drug-likeness (QED) is 0.344. The van der Waals surface area contributed by atoms with Crippen molar-refractivity contribution in [2.24, 2.45) is 4.99 Å². The van der Waals surface area contributed by atoms with Gasteiger partial charge in [-0.05, 0) is 31.0 Å². The van der Waals surface area contributed by atoms with Gasteiger partial charge >= 0.3 is 0 Å². The molecule has 1 fully saturated rings. The summed E-state index contributed by atoms with van der Waals surface area (Å²) < 4.78 is 5.53. The predicted molar refractivity (Wildman–Crippen MR) is 138 cm³/mol. The SMILES string of the molecule is N=C(NC1N=C(c2ccccc2)c2ccccc2NC1=O)OC(=N)c1ccccc1N1CCCC1. The van der Waals surface area contributed by atoms with Gasteiger partial charge in [0.25, 0.3) is 11.9 Å². The molecule has 1 atom stereocenters. The van der Waals surface area contributed by atoms with Gasteiger partial charge in [-0.3, -0.25) is 15.6 Å². The van der Waals surface area contributed by atoms with E-state index in [1.54, 1.807) is 0 Å². The topological polar surface area (TPSA) is 114 Å². The number of hydrogen-bond donors (Lipinski definition) is 4. The van der Waals surface area contributed by atoms with Gasteiger partial charge in [-0.2, -0.15) is 0 Å². The molecule has 8 nitrogen and oxygen atoms in total. The van der Waals surface area contributed by atoms with E-state index in [0.29, 0.717) is 17.0 Å². The molecule has 3 aromatic rings. The second kappa shape index (κ2) is 9.80. The average molecular weight is 467 g/mol. The van der Waals surface area contributed by atoms with Crippen molar-refractivity contribution in [1.82, 2.24) is 5.32 Å². The minimum absolute atomic E-state index is 0.158. The third-order valence-electron chi connectivity index (χ3n) is 6.06. The molecule has 0 radical (unpaired) electrons. The molecule has 1 amide bonds. The van der Waals surface area contributed by atoms with Crippen LogP contribution in [0.1, 0.15) is 29.5 Å². The first-order chi connectivity index (χ1) is 17.1. The summed E-state index contributed by atoms with van der Waals surface area (Å²) in [7, 11) is 0. The largest absolute Gasteiger partial charge is 0.407 e. The highest BCUT2D eigenvalue weighted by Crippen LogP contribution is 2.26. The van der Waals surface area contributed by atoms with Crippen LogP contribution < -0.4 is 15.5 Å². The highest BCUT2D eigenvalue weighted by Gasteiger charge is 2.27. The van der Waals surface area contributed by atoms with Crippen LogP contribution >= 0.6 is 0 Å². The number of benzodiazepines with no additional fused rings is 1. The van der Waals surface area contributed by atoms with Crippen LogP contribution in [-0.4, -0.2) is 42.8 Å². The summed E-state index contributed by atoms with van der Waals surface area (Å²) in [6, 6.07) is 24.2. The second-order valence-corrected chi connectivity index (χ2v) is 8.40. The molecule has 0 saturated carbocycles. The van der Waals surface area contributed by atoms with Crippen molar-refractivity contribution in [2.75, 3.05) is 23.3 Å². The molecular weight excluding hydrogens is 440 g/mol. The fourth-order valence-electron chi connectivity index (χ4n) is 4.39. The summed E-state index contributed by atoms with van der Waals surface area (Å²) in [5.41, 5.74) is 4.42. The van der Waals surface area contributed by atoms with E-state index in [1.807, 2.05) is 78.9 Å². The van der Waals surface area contributed by atoms with Crippen LogP contribution in [0.15, 0.2) is 83.9 Å². The van der Waals surface area contributed by atoms with E-state index in [4.69, 9.17) is 15.6 Å². The number of aliphatic imine (C=N–C) groups is 1. The molecule has 8 heteroatoms. The Kier molecular flexibility index (Phi) is 6.26. The number of nitrogens with zero attached hydrogens (tertiary/aromatic N) is 2. The Labute approximate surface area is 203 Å². The maximum Gasteiger partial charge on any atom is 0.290 e. The summed E-state index contributed by atoms with van der Waals surface area (Å²) in [4.78, 5) is 19.9. The van der Waals surface area contributed by atoms with E-state index < -0.39 is 18.1 Å². The molecular formula is C27H26N6O2. The average Bonchev–Trinajstić information content (AvgIpc) is 3.38. The lowest BCUT2D eigenvalue weighted by Crippen LogP contribution is -2.43. The fourth-order valence-corrected chi connectivity index (χ4v) is 4.39. The molecule has 2 aliphatic heterocycles. The van der Waals surface area contributed by atoms with Gasteiger partial charge in [0, 0.05) is 29.9 Å². The lowest BCUT2D eigenvalue weighted by molar-refractivity contribution is -0.117. The minimum Gasteiger partial charge on any atom is -0.407 e. The predicted octanol–water partition coefficient (Wildman–Crippen LogP) is 3.97. The van der Waals surface area contributed by atoms with Crippen molar-refractivity contribution in [1.29, 1.82) is 10.8 Å². The van der Waals surface area contributed by atoms with E-state index in [-0.39, 0.29) is 5.90 Å². The number of fused-ring (bicyclic) bond motifs is 1. The fraction of sp³-hybridized carbons (Fsp3) is 0.185. The van der Waals surface area contributed by atoms with E-state index in [9.17, 15) is 4.79 Å². The Hall–Kier alpha value is -4.46. The van der Waals surface area contributed by atoms with Crippen LogP contribution in [0.2, 0.25) is 0 Å². The van der Waals surface area contributed by atoms with Crippen molar-refractivity contribution in [3.05, 3.63) is 95.6 Å². The third kappa shape index (κ3) is 4.77. The van der Waals surface area contributed by atoms with Crippen LogP contribution in [-0.2, 0) is 9.53 Å². The Morgan fingerprint density at radius 2 is 1.63 bits per heavy atom. The standard InChI is InChI=1S/C27H26N6O2/c28-24(20-13-5-7-15-22(20)33-16-8-9-17-33)35-27(29)32-25-26(34)30-21-14-6-4-12-19(21)23(31-25)18-10-2-1-3-11-18/h1-7,10-15,25,28H,8-9,16-17H2,(H2,29,32)(H,30,34). The summed E-state index contributed by atoms with van der Waals surface area (Å²) in [5, 5.41) is 22.4. The molecule has 0 aromatic heterocycles. The first-order valence-electron chi connectivity index (χ1n) is 11.6. The van der Waals surface area contributed by atoms with Crippen LogP contribution in [0.25, 0.3) is 0 Å². The number of amides is 1. The van der Waals surface area contributed by atoms with Gasteiger partial charge in [-0.1, -0.05) is 60.7 Å². The number of para-hydroxylation sites is 2. The first-order valence-corrected chi connectivity index (χ1v) is 11.6. The molecule has 1 saturated heterocycles. The van der Waals surface area contributed by atoms with E-state index >= 15 is 0 Å². The van der Waals surface area contributed by atoms with Gasteiger partial charge < -0.3 is 20.3 Å². The van der Waals surface area contributed by atoms with Crippen LogP contribution in [0.5, 0.6) is 0 Å². The molecule has 176 valence electrons. The molecule has 0 spiro atoms. The van der Waals surface area contributed by atoms with Crippen molar-refractivity contribution in [2.45, 2.75) is 19.0 Å². The zero-order chi connectivity index (χ0) is 24.2. The van der Waals surface area contributed by atoms with Crippen molar-refractivity contribution in [3.8, 4) is 0 Å². The van der Waals surface area contributed by atoms with Crippen LogP contribution in [0, 0.1) is 10.8 Å². The number of nitrogens with one attached hydrogen (secondary N) is 4. The highest BCUT2D eigenvalue weighted by atomic mass is 16.5. The zero-order valence-corrected chi connectivity index (χ0v) is 19.1. The number of benzene rings is 3. The molecule has 35 heavy (non-hydrogen) atoms. The maximum atomic E-state index is 13.0. The number of carbonyl (C=O) groups is 1. The van der Waals surface area contributed by atoms with Gasteiger partial charge in [0.2, 0.25) is 12.1 Å². The molecule has 4 N–H and O–H groups in total. The molecule has 0 aliphatic carbocycles. The van der Waals surface area contributed by atoms with E-state index in [1.165, 1.54) is 0 Å². The van der Waals surface area contributed by atoms with Gasteiger partial charge in [0.1, 0.15) is 0 Å². The summed E-state index contributed by atoms with van der Waals surface area (Å²) in [6.45, 7) is 1.86. The number of carbonyl (C=O) groups excluding carboxylic acids is 1. The van der Waals surface area contributed by atoms with E-state index in [0.717, 1.165) is 42.7 Å². The first kappa shape index (κ1) is 22.3. The Morgan fingerprint density at radius 3 is 2.43 bits per heavy atom. The second-order valence-electron chi connectivity index (χ2n) is 8.40. The van der Waals surface area contributed by atoms with Gasteiger partial charge in [-0.15, -0.1) is 0 Å². The zero-order valence-electron chi connectivity index (χ0n) is 19.1. The Balaban J connectivity index is 1.37. The van der Waals surface area contributed by atoms with E-state index in [2.05, 4.69) is 20.5 Å². The summed E-state index contributed by atoms with van der Waals surface area (Å²) in [6.07, 6.45) is 1.12. The number of anilines is 2. The lowest BCUT2D eigenvalue weighted by Gasteiger charge is -2.22. The molecule has 3 aromatic carbocycles. The lowest BCUT2D eigenvalue weighted by atomic mass is 10.0. The summed E-state index contributed by atoms with van der Waals surface area (Å²) >= 11 is 0. The highest BCUT2D eigenvalue weighted by molar-refractivity contribution is 6.19. The Bertz CT molecular complexity index is 1300. The molecule has 5 rings (SSSR count). The third-order valence-corrected chi connectivity index (χ3v) is 6.06. The monoisotopic (exact) mass is 466 g/mol. The van der Waals surface area contributed by atoms with Crippen molar-refractivity contribution in [3.63, 3.8) is 0 Å². The maximum absolute atomic E-state index is 13.0. The van der Waals surface area contributed by atoms with Gasteiger partial charge in [0.05, 0.1) is 17.0 Å². The summed E-state index contributed by atoms with van der Waals surface area (Å²) in [5.74, 6) is -0.574.